The van der Waals surface area contributed by atoms with Crippen molar-refractivity contribution in [1.29, 1.82) is 0 Å². The van der Waals surface area contributed by atoms with Gasteiger partial charge in [-0.3, -0.25) is 4.79 Å². The third kappa shape index (κ3) is 4.62. The highest BCUT2D eigenvalue weighted by Crippen LogP contribution is 2.28. The summed E-state index contributed by atoms with van der Waals surface area (Å²) in [6.07, 6.45) is 0. The minimum Gasteiger partial charge on any atom is -0.481 e. The largest absolute Gasteiger partial charge is 0.481 e. The van der Waals surface area contributed by atoms with Crippen LogP contribution in [0.5, 0.6) is 5.75 Å². The van der Waals surface area contributed by atoms with Gasteiger partial charge in [0.15, 0.2) is 0 Å². The van der Waals surface area contributed by atoms with E-state index in [1.807, 2.05) is 50.2 Å². The minimum absolute atomic E-state index is 0.0657. The fourth-order valence-electron chi connectivity index (χ4n) is 2.53. The van der Waals surface area contributed by atoms with Gasteiger partial charge in [-0.15, -0.1) is 11.8 Å². The molecule has 0 aliphatic heterocycles. The van der Waals surface area contributed by atoms with Crippen molar-refractivity contribution in [1.82, 2.24) is 0 Å². The molecule has 3 aromatic rings. The SMILES string of the molecule is Cc1cc(OCC#CCSc2cc(=O)sc3ccccc23)cc(C)c1Cl. The van der Waals surface area contributed by atoms with Crippen molar-refractivity contribution >= 4 is 44.8 Å². The molecule has 1 aromatic heterocycles. The molecule has 0 unspecified atom stereocenters. The lowest BCUT2D eigenvalue weighted by molar-refractivity contribution is 0.369. The van der Waals surface area contributed by atoms with E-state index in [1.165, 1.54) is 11.3 Å². The Kier molecular flexibility index (Phi) is 6.26. The van der Waals surface area contributed by atoms with Crippen LogP contribution in [0.25, 0.3) is 10.1 Å². The summed E-state index contributed by atoms with van der Waals surface area (Å²) in [5.74, 6) is 7.50. The smallest absolute Gasteiger partial charge is 0.234 e. The van der Waals surface area contributed by atoms with E-state index in [-0.39, 0.29) is 4.74 Å². The van der Waals surface area contributed by atoms with Crippen LogP contribution in [0.2, 0.25) is 5.02 Å². The van der Waals surface area contributed by atoms with Crippen LogP contribution in [0.1, 0.15) is 11.1 Å². The van der Waals surface area contributed by atoms with Gasteiger partial charge >= 0.3 is 0 Å². The van der Waals surface area contributed by atoms with Crippen LogP contribution in [0, 0.1) is 25.7 Å². The first-order chi connectivity index (χ1) is 12.5. The molecule has 26 heavy (non-hydrogen) atoms. The lowest BCUT2D eigenvalue weighted by Crippen LogP contribution is -1.96. The van der Waals surface area contributed by atoms with Crippen molar-refractivity contribution in [2.45, 2.75) is 18.7 Å². The number of thioether (sulfide) groups is 1. The molecule has 0 atom stereocenters. The number of benzene rings is 2. The fraction of sp³-hybridized carbons (Fsp3) is 0.190. The molecular formula is C21H17ClO2S2. The molecule has 0 aliphatic carbocycles. The van der Waals surface area contributed by atoms with Gasteiger partial charge < -0.3 is 4.74 Å². The number of fused-ring (bicyclic) bond motifs is 1. The van der Waals surface area contributed by atoms with E-state index in [0.29, 0.717) is 12.4 Å². The Morgan fingerprint density at radius 3 is 2.62 bits per heavy atom. The van der Waals surface area contributed by atoms with Gasteiger partial charge in [-0.05, 0) is 43.2 Å². The van der Waals surface area contributed by atoms with Crippen LogP contribution < -0.4 is 9.48 Å². The third-order valence-corrected chi connectivity index (χ3v) is 6.19. The van der Waals surface area contributed by atoms with Crippen molar-refractivity contribution in [3.63, 3.8) is 0 Å². The average molecular weight is 401 g/mol. The van der Waals surface area contributed by atoms with E-state index in [2.05, 4.69) is 11.8 Å². The maximum absolute atomic E-state index is 11.8. The lowest BCUT2D eigenvalue weighted by Gasteiger charge is -2.07. The molecule has 0 spiro atoms. The third-order valence-electron chi connectivity index (χ3n) is 3.76. The van der Waals surface area contributed by atoms with E-state index >= 15 is 0 Å². The number of hydrogen-bond donors (Lipinski definition) is 0. The Hall–Kier alpha value is -1.93. The van der Waals surface area contributed by atoms with Crippen LogP contribution in [0.4, 0.5) is 0 Å². The Bertz CT molecular complexity index is 1040. The van der Waals surface area contributed by atoms with E-state index in [4.69, 9.17) is 16.3 Å². The topological polar surface area (TPSA) is 26.3 Å². The highest BCUT2D eigenvalue weighted by atomic mass is 35.5. The van der Waals surface area contributed by atoms with Crippen LogP contribution in [-0.2, 0) is 0 Å². The lowest BCUT2D eigenvalue weighted by atomic mass is 10.1. The maximum atomic E-state index is 11.8. The molecule has 0 saturated carbocycles. The summed E-state index contributed by atoms with van der Waals surface area (Å²) in [7, 11) is 0. The minimum atomic E-state index is 0.0657. The van der Waals surface area contributed by atoms with Gasteiger partial charge in [-0.2, -0.15) is 0 Å². The second kappa shape index (κ2) is 8.64. The number of rotatable bonds is 4. The standard InChI is InChI=1S/C21H17ClO2S2/c1-14-11-16(12-15(2)21(14)22)24-9-5-6-10-25-19-13-20(23)26-18-8-4-3-7-17(18)19/h3-4,7-8,11-13H,9-10H2,1-2H3. The summed E-state index contributed by atoms with van der Waals surface area (Å²) < 4.78 is 6.75. The number of hydrogen-bond acceptors (Lipinski definition) is 4. The first-order valence-corrected chi connectivity index (χ1v) is 10.2. The van der Waals surface area contributed by atoms with Crippen LogP contribution in [0.3, 0.4) is 0 Å². The van der Waals surface area contributed by atoms with Gasteiger partial charge in [-0.25, -0.2) is 0 Å². The summed E-state index contributed by atoms with van der Waals surface area (Å²) >= 11 is 9.00. The van der Waals surface area contributed by atoms with Gasteiger partial charge in [0.25, 0.3) is 0 Å². The van der Waals surface area contributed by atoms with Gasteiger partial charge in [0.2, 0.25) is 4.74 Å². The van der Waals surface area contributed by atoms with E-state index in [9.17, 15) is 4.79 Å². The first kappa shape index (κ1) is 18.8. The zero-order valence-electron chi connectivity index (χ0n) is 14.5. The Morgan fingerprint density at radius 1 is 1.12 bits per heavy atom. The van der Waals surface area contributed by atoms with Crippen LogP contribution in [0.15, 0.2) is 52.2 Å². The Labute approximate surface area is 166 Å². The monoisotopic (exact) mass is 400 g/mol. The summed E-state index contributed by atoms with van der Waals surface area (Å²) in [6, 6.07) is 13.5. The van der Waals surface area contributed by atoms with Crippen molar-refractivity contribution < 1.29 is 4.74 Å². The summed E-state index contributed by atoms with van der Waals surface area (Å²) in [6.45, 7) is 4.24. The van der Waals surface area contributed by atoms with Gasteiger partial charge in [0.1, 0.15) is 12.4 Å². The summed E-state index contributed by atoms with van der Waals surface area (Å²) in [4.78, 5) is 12.8. The molecule has 0 radical (unpaired) electrons. The van der Waals surface area contributed by atoms with Gasteiger partial charge in [0.05, 0.1) is 5.75 Å². The molecular weight excluding hydrogens is 384 g/mol. The zero-order chi connectivity index (χ0) is 18.5. The molecule has 3 rings (SSSR count). The van der Waals surface area contributed by atoms with Crippen LogP contribution in [-0.4, -0.2) is 12.4 Å². The van der Waals surface area contributed by atoms with Crippen molar-refractivity contribution in [2.24, 2.45) is 0 Å². The van der Waals surface area contributed by atoms with Crippen molar-refractivity contribution in [3.05, 3.63) is 68.2 Å². The molecule has 2 aromatic carbocycles. The van der Waals surface area contributed by atoms with E-state index in [1.54, 1.807) is 17.8 Å². The van der Waals surface area contributed by atoms with Crippen LogP contribution >= 0.6 is 34.7 Å². The normalized spacial score (nSPS) is 10.4. The molecule has 0 amide bonds. The molecule has 132 valence electrons. The molecule has 0 aliphatic rings. The van der Waals surface area contributed by atoms with Crippen molar-refractivity contribution in [2.75, 3.05) is 12.4 Å². The summed E-state index contributed by atoms with van der Waals surface area (Å²) in [5, 5.41) is 1.88. The first-order valence-electron chi connectivity index (χ1n) is 8.05. The zero-order valence-corrected chi connectivity index (χ0v) is 16.9. The predicted molar refractivity (Wildman–Crippen MR) is 113 cm³/mol. The Balaban J connectivity index is 1.59. The Morgan fingerprint density at radius 2 is 1.85 bits per heavy atom. The van der Waals surface area contributed by atoms with E-state index in [0.717, 1.165) is 36.9 Å². The molecule has 5 heteroatoms. The molecule has 0 N–H and O–H groups in total. The van der Waals surface area contributed by atoms with Gasteiger partial charge in [-0.1, -0.05) is 53.0 Å². The molecule has 1 heterocycles. The molecule has 0 fully saturated rings. The number of aryl methyl sites for hydroxylation is 2. The predicted octanol–water partition coefficient (Wildman–Crippen LogP) is 5.71. The van der Waals surface area contributed by atoms with E-state index < -0.39 is 0 Å². The molecule has 2 nitrogen and oxygen atoms in total. The molecule has 0 bridgehead atoms. The van der Waals surface area contributed by atoms with Gasteiger partial charge in [0, 0.05) is 26.1 Å². The maximum Gasteiger partial charge on any atom is 0.234 e. The summed E-state index contributed by atoms with van der Waals surface area (Å²) in [5.41, 5.74) is 1.99. The second-order valence-corrected chi connectivity index (χ2v) is 8.17. The molecule has 0 saturated heterocycles. The fourth-order valence-corrected chi connectivity index (χ4v) is 4.46. The quantitative estimate of drug-likeness (QED) is 0.414. The second-order valence-electron chi connectivity index (χ2n) is 5.73. The highest BCUT2D eigenvalue weighted by Gasteiger charge is 2.04. The average Bonchev–Trinajstić information content (AvgIpc) is 2.62. The number of ether oxygens (including phenoxy) is 1. The van der Waals surface area contributed by atoms with Crippen molar-refractivity contribution in [3.8, 4) is 17.6 Å². The number of halogens is 1. The highest BCUT2D eigenvalue weighted by molar-refractivity contribution is 7.99.